The van der Waals surface area contributed by atoms with Crippen molar-refractivity contribution in [3.8, 4) is 0 Å². The van der Waals surface area contributed by atoms with Gasteiger partial charge in [0, 0.05) is 13.0 Å². The summed E-state index contributed by atoms with van der Waals surface area (Å²) in [4.78, 5) is 33.8. The first-order valence-corrected chi connectivity index (χ1v) is 29.2. The second-order valence-corrected chi connectivity index (χ2v) is 20.2. The molecule has 0 amide bonds. The van der Waals surface area contributed by atoms with Gasteiger partial charge >= 0.3 is 19.8 Å². The minimum absolute atomic E-state index is 0.0127. The number of allylic oxidation sites excluding steroid dienone is 8. The predicted octanol–water partition coefficient (Wildman–Crippen LogP) is 16.5. The van der Waals surface area contributed by atoms with Crippen LogP contribution < -0.4 is 5.73 Å². The summed E-state index contributed by atoms with van der Waals surface area (Å²) >= 11 is 0. The van der Waals surface area contributed by atoms with Gasteiger partial charge in [-0.1, -0.05) is 223 Å². The fourth-order valence-electron chi connectivity index (χ4n) is 7.78. The lowest BCUT2D eigenvalue weighted by Gasteiger charge is -2.20. The van der Waals surface area contributed by atoms with Crippen molar-refractivity contribution < 1.29 is 42.7 Å². The number of ether oxygens (including phenoxy) is 2. The number of phosphoric ester groups is 1. The van der Waals surface area contributed by atoms with E-state index < -0.39 is 45.1 Å². The van der Waals surface area contributed by atoms with Gasteiger partial charge in [0.25, 0.3) is 0 Å². The van der Waals surface area contributed by atoms with E-state index in [2.05, 4.69) is 62.5 Å². The van der Waals surface area contributed by atoms with Crippen LogP contribution in [0.1, 0.15) is 258 Å². The van der Waals surface area contributed by atoms with Crippen LogP contribution in [0.3, 0.4) is 0 Å². The van der Waals surface area contributed by atoms with E-state index in [9.17, 15) is 19.0 Å². The van der Waals surface area contributed by atoms with Gasteiger partial charge in [0.1, 0.15) is 12.1 Å². The summed E-state index contributed by atoms with van der Waals surface area (Å²) in [5.74, 6) is -1.78. The third-order valence-electron chi connectivity index (χ3n) is 12.1. The number of hydrogen-bond acceptors (Lipinski definition) is 8. The molecule has 0 rings (SSSR count). The van der Waals surface area contributed by atoms with E-state index in [0.29, 0.717) is 13.0 Å². The van der Waals surface area contributed by atoms with Gasteiger partial charge in [-0.2, -0.15) is 0 Å². The van der Waals surface area contributed by atoms with Gasteiger partial charge in [-0.25, -0.2) is 4.57 Å². The fourth-order valence-corrected chi connectivity index (χ4v) is 8.56. The smallest absolute Gasteiger partial charge is 0.472 e. The molecule has 0 aliphatic rings. The summed E-state index contributed by atoms with van der Waals surface area (Å²) in [6.07, 6.45) is 63.1. The molecule has 10 nitrogen and oxygen atoms in total. The molecule has 0 saturated carbocycles. The van der Waals surface area contributed by atoms with E-state index in [1.54, 1.807) is 0 Å². The van der Waals surface area contributed by atoms with Crippen molar-refractivity contribution in [1.29, 1.82) is 0 Å². The maximum absolute atomic E-state index is 12.7. The van der Waals surface area contributed by atoms with E-state index in [-0.39, 0.29) is 13.0 Å². The van der Waals surface area contributed by atoms with Crippen LogP contribution in [0.15, 0.2) is 48.6 Å². The molecule has 11 heteroatoms. The highest BCUT2D eigenvalue weighted by atomic mass is 31.2. The Labute approximate surface area is 411 Å². The molecule has 0 bridgehead atoms. The zero-order chi connectivity index (χ0) is 49.0. The first-order chi connectivity index (χ1) is 32.7. The van der Waals surface area contributed by atoms with Crippen LogP contribution in [0.5, 0.6) is 0 Å². The van der Waals surface area contributed by atoms with Crippen molar-refractivity contribution in [3.63, 3.8) is 0 Å². The number of aliphatic carboxylic acids is 1. The number of carboxylic acid groups (broad SMARTS) is 1. The molecule has 0 aliphatic carbocycles. The Morgan fingerprint density at radius 3 is 1.24 bits per heavy atom. The molecule has 0 aromatic carbocycles. The molecule has 3 unspecified atom stereocenters. The Morgan fingerprint density at radius 2 is 0.821 bits per heavy atom. The van der Waals surface area contributed by atoms with Gasteiger partial charge in [-0.15, -0.1) is 0 Å². The van der Waals surface area contributed by atoms with E-state index >= 15 is 0 Å². The molecule has 0 heterocycles. The largest absolute Gasteiger partial charge is 0.480 e. The lowest BCUT2D eigenvalue weighted by molar-refractivity contribution is -0.154. The summed E-state index contributed by atoms with van der Waals surface area (Å²) in [5, 5.41) is 8.94. The van der Waals surface area contributed by atoms with Crippen LogP contribution in [0.25, 0.3) is 0 Å². The monoisotopic (exact) mass is 966 g/mol. The van der Waals surface area contributed by atoms with Crippen LogP contribution >= 0.6 is 7.82 Å². The molecule has 392 valence electrons. The van der Waals surface area contributed by atoms with Gasteiger partial charge < -0.3 is 25.2 Å². The van der Waals surface area contributed by atoms with Gasteiger partial charge in [0.2, 0.25) is 0 Å². The molecule has 0 aromatic heterocycles. The summed E-state index contributed by atoms with van der Waals surface area (Å²) in [6.45, 7) is 3.89. The first-order valence-electron chi connectivity index (χ1n) is 27.7. The number of unbranched alkanes of at least 4 members (excludes halogenated alkanes) is 31. The number of carbonyl (C=O) groups excluding carboxylic acids is 1. The number of carbonyl (C=O) groups is 2. The van der Waals surface area contributed by atoms with Gasteiger partial charge in [-0.05, 0) is 77.0 Å². The summed E-state index contributed by atoms with van der Waals surface area (Å²) in [5.41, 5.74) is 5.38. The Hall–Kier alpha value is -2.07. The molecule has 4 N–H and O–H groups in total. The van der Waals surface area contributed by atoms with Crippen molar-refractivity contribution in [2.45, 2.75) is 270 Å². The summed E-state index contributed by atoms with van der Waals surface area (Å²) < 4.78 is 33.6. The molecule has 0 saturated heterocycles. The quantitative estimate of drug-likeness (QED) is 0.0232. The molecule has 0 aromatic rings. The summed E-state index contributed by atoms with van der Waals surface area (Å²) in [6, 6.07) is -1.48. The molecule has 67 heavy (non-hydrogen) atoms. The van der Waals surface area contributed by atoms with Gasteiger partial charge in [0.15, 0.2) is 0 Å². The average Bonchev–Trinajstić information content (AvgIpc) is 3.31. The number of hydrogen-bond donors (Lipinski definition) is 3. The molecule has 0 aliphatic heterocycles. The second-order valence-electron chi connectivity index (χ2n) is 18.7. The lowest BCUT2D eigenvalue weighted by Crippen LogP contribution is -2.34. The van der Waals surface area contributed by atoms with E-state index in [1.807, 2.05) is 0 Å². The average molecular weight is 966 g/mol. The minimum atomic E-state index is -4.63. The maximum atomic E-state index is 12.7. The van der Waals surface area contributed by atoms with Crippen LogP contribution in [-0.4, -0.2) is 60.5 Å². The Bertz CT molecular complexity index is 1250. The van der Waals surface area contributed by atoms with E-state index in [0.717, 1.165) is 57.8 Å². The van der Waals surface area contributed by atoms with Crippen molar-refractivity contribution in [2.75, 3.05) is 26.4 Å². The number of carboxylic acids is 1. The van der Waals surface area contributed by atoms with Gasteiger partial charge in [-0.3, -0.25) is 18.6 Å². The lowest BCUT2D eigenvalue weighted by atomic mass is 10.1. The van der Waals surface area contributed by atoms with Crippen LogP contribution in [-0.2, 0) is 32.7 Å². The van der Waals surface area contributed by atoms with Crippen LogP contribution in [0.4, 0.5) is 0 Å². The van der Waals surface area contributed by atoms with Crippen molar-refractivity contribution in [1.82, 2.24) is 0 Å². The Balaban J connectivity index is 4.11. The first kappa shape index (κ1) is 64.9. The molecular formula is C56H104NO9P. The fraction of sp³-hybridized carbons (Fsp3) is 0.821. The summed E-state index contributed by atoms with van der Waals surface area (Å²) in [7, 11) is -4.63. The zero-order valence-corrected chi connectivity index (χ0v) is 44.1. The van der Waals surface area contributed by atoms with E-state index in [4.69, 9.17) is 29.4 Å². The van der Waals surface area contributed by atoms with Crippen molar-refractivity contribution in [3.05, 3.63) is 48.6 Å². The Kier molecular flexibility index (Phi) is 50.2. The maximum Gasteiger partial charge on any atom is 0.472 e. The highest BCUT2D eigenvalue weighted by Crippen LogP contribution is 2.43. The molecule has 3 atom stereocenters. The predicted molar refractivity (Wildman–Crippen MR) is 281 cm³/mol. The third kappa shape index (κ3) is 51.6. The number of rotatable bonds is 53. The van der Waals surface area contributed by atoms with Crippen molar-refractivity contribution >= 4 is 19.8 Å². The molecule has 0 radical (unpaired) electrons. The normalized spacial score (nSPS) is 14.0. The van der Waals surface area contributed by atoms with Crippen molar-refractivity contribution in [2.24, 2.45) is 5.73 Å². The molecule has 0 fully saturated rings. The topological polar surface area (TPSA) is 155 Å². The number of phosphoric acid groups is 1. The standard InChI is InChI=1S/C56H104NO9P/c1-3-5-7-9-11-13-15-17-19-21-23-25-26-27-29-31-33-35-37-39-41-43-45-47-49-63-50-53(51-64-67(61,62)65-52-54(57)56(59)60)66-55(58)48-46-44-42-40-38-36-34-32-30-28-24-22-20-18-16-14-12-10-8-6-4-2/h15,17,21-24,26-27,53-54H,3-14,16,18-20,25,28-52,57H2,1-2H3,(H,59,60)(H,61,62)/b17-15-,23-21-,24-22-,27-26-. The number of nitrogens with two attached hydrogens (primary N) is 1. The SMILES string of the molecule is CCCCCCC/C=C\C/C=C\C/C=C\CCCCCCCCCCCOCC(COP(=O)(O)OCC(N)C(=O)O)OC(=O)CCCCCCCCCCC/C=C\CCCCCCCCCC. The minimum Gasteiger partial charge on any atom is -0.480 e. The Morgan fingerprint density at radius 1 is 0.478 bits per heavy atom. The molecule has 0 spiro atoms. The van der Waals surface area contributed by atoms with Crippen LogP contribution in [0.2, 0.25) is 0 Å². The highest BCUT2D eigenvalue weighted by Gasteiger charge is 2.27. The van der Waals surface area contributed by atoms with Gasteiger partial charge in [0.05, 0.1) is 19.8 Å². The highest BCUT2D eigenvalue weighted by molar-refractivity contribution is 7.47. The zero-order valence-electron chi connectivity index (χ0n) is 43.2. The third-order valence-corrected chi connectivity index (χ3v) is 13.0. The second kappa shape index (κ2) is 51.8. The molecular weight excluding hydrogens is 862 g/mol. The van der Waals surface area contributed by atoms with Crippen LogP contribution in [0, 0.1) is 0 Å². The van der Waals surface area contributed by atoms with E-state index in [1.165, 1.54) is 173 Å². The number of esters is 1.